The van der Waals surface area contributed by atoms with Crippen molar-refractivity contribution in [3.63, 3.8) is 0 Å². The van der Waals surface area contributed by atoms with E-state index in [1.54, 1.807) is 0 Å². The first-order valence-corrected chi connectivity index (χ1v) is 13.8. The second-order valence-corrected chi connectivity index (χ2v) is 10.6. The first-order chi connectivity index (χ1) is 12.1. The molecule has 4 N–H and O–H groups in total. The van der Waals surface area contributed by atoms with Crippen LogP contribution in [-0.4, -0.2) is 31.9 Å². The zero-order chi connectivity index (χ0) is 20.3. The van der Waals surface area contributed by atoms with Gasteiger partial charge in [-0.15, -0.1) is 0 Å². The van der Waals surface area contributed by atoms with Gasteiger partial charge in [-0.1, -0.05) is 90.9 Å². The highest BCUT2D eigenvalue weighted by atomic mass is 31.2. The third kappa shape index (κ3) is 32.0. The normalized spacial score (nSPS) is 11.9. The van der Waals surface area contributed by atoms with E-state index >= 15 is 0 Å². The van der Waals surface area contributed by atoms with Gasteiger partial charge >= 0.3 is 15.2 Å². The standard InChI is InChI=1S/C10H23O3P.C8H19O3P/c1-2-3-4-5-6-7-8-9-10-14(11,12)13;1-2-3-4-5-6-7-8-12(9,10)11/h2-10H2,1H3,(H2,11,12,13);2-8H2,1H3,(H2,9,10,11). The average Bonchev–Trinajstić information content (AvgIpc) is 2.52. The van der Waals surface area contributed by atoms with Gasteiger partial charge in [0, 0.05) is 12.3 Å². The predicted octanol–water partition coefficient (Wildman–Crippen LogP) is 5.83. The fourth-order valence-electron chi connectivity index (χ4n) is 2.55. The molecule has 0 aromatic heterocycles. The maximum atomic E-state index is 10.5. The van der Waals surface area contributed by atoms with Crippen molar-refractivity contribution in [2.45, 2.75) is 104 Å². The van der Waals surface area contributed by atoms with Gasteiger partial charge in [0.05, 0.1) is 0 Å². The molecule has 0 aliphatic heterocycles. The Balaban J connectivity index is 0. The van der Waals surface area contributed by atoms with Gasteiger partial charge in [-0.25, -0.2) is 0 Å². The Kier molecular flexibility index (Phi) is 20.5. The van der Waals surface area contributed by atoms with Crippen LogP contribution in [0.25, 0.3) is 0 Å². The van der Waals surface area contributed by atoms with E-state index in [-0.39, 0.29) is 12.3 Å². The van der Waals surface area contributed by atoms with E-state index in [1.165, 1.54) is 51.4 Å². The third-order valence-electron chi connectivity index (χ3n) is 4.11. The molecule has 0 aliphatic carbocycles. The number of hydrogen-bond acceptors (Lipinski definition) is 2. The van der Waals surface area contributed by atoms with E-state index in [4.69, 9.17) is 19.6 Å². The molecule has 0 fully saturated rings. The summed E-state index contributed by atoms with van der Waals surface area (Å²) in [6, 6.07) is 0. The first kappa shape index (κ1) is 28.5. The van der Waals surface area contributed by atoms with Gasteiger partial charge < -0.3 is 19.6 Å². The lowest BCUT2D eigenvalue weighted by Crippen LogP contribution is -1.88. The molecule has 8 heteroatoms. The Bertz CT molecular complexity index is 378. The van der Waals surface area contributed by atoms with Crippen LogP contribution in [0.5, 0.6) is 0 Å². The van der Waals surface area contributed by atoms with E-state index in [1.807, 2.05) is 0 Å². The predicted molar refractivity (Wildman–Crippen MR) is 110 cm³/mol. The minimum Gasteiger partial charge on any atom is -0.324 e. The second-order valence-electron chi connectivity index (χ2n) is 7.02. The molecule has 0 saturated carbocycles. The molecule has 0 rings (SSSR count). The molecule has 6 nitrogen and oxygen atoms in total. The van der Waals surface area contributed by atoms with Crippen molar-refractivity contribution < 1.29 is 28.7 Å². The van der Waals surface area contributed by atoms with Gasteiger partial charge in [-0.05, 0) is 12.8 Å². The van der Waals surface area contributed by atoms with Crippen molar-refractivity contribution in [1.29, 1.82) is 0 Å². The Labute approximate surface area is 160 Å². The van der Waals surface area contributed by atoms with Gasteiger partial charge in [0.1, 0.15) is 0 Å². The zero-order valence-corrected chi connectivity index (χ0v) is 18.6. The molecule has 0 bridgehead atoms. The van der Waals surface area contributed by atoms with Gasteiger partial charge in [-0.3, -0.25) is 9.13 Å². The molecule has 0 spiro atoms. The maximum Gasteiger partial charge on any atom is 0.325 e. The topological polar surface area (TPSA) is 115 Å². The van der Waals surface area contributed by atoms with Crippen LogP contribution in [0.1, 0.15) is 104 Å². The van der Waals surface area contributed by atoms with Crippen molar-refractivity contribution in [3.8, 4) is 0 Å². The van der Waals surface area contributed by atoms with Crippen LogP contribution in [0.15, 0.2) is 0 Å². The second kappa shape index (κ2) is 18.7. The Morgan fingerprint density at radius 2 is 0.692 bits per heavy atom. The lowest BCUT2D eigenvalue weighted by Gasteiger charge is -2.03. The molecule has 26 heavy (non-hydrogen) atoms. The summed E-state index contributed by atoms with van der Waals surface area (Å²) in [5.74, 6) is 0. The number of unbranched alkanes of at least 4 members (excludes halogenated alkanes) is 12. The molecule has 0 amide bonds. The van der Waals surface area contributed by atoms with Crippen LogP contribution in [0, 0.1) is 0 Å². The minimum atomic E-state index is -3.73. The zero-order valence-electron chi connectivity index (χ0n) is 16.8. The Morgan fingerprint density at radius 3 is 0.923 bits per heavy atom. The maximum absolute atomic E-state index is 10.5. The smallest absolute Gasteiger partial charge is 0.324 e. The molecular formula is C18H42O6P2. The van der Waals surface area contributed by atoms with Crippen LogP contribution in [-0.2, 0) is 9.13 Å². The van der Waals surface area contributed by atoms with Crippen molar-refractivity contribution >= 4 is 15.2 Å². The average molecular weight is 416 g/mol. The Morgan fingerprint density at radius 1 is 0.462 bits per heavy atom. The lowest BCUT2D eigenvalue weighted by molar-refractivity contribution is 0.368. The summed E-state index contributed by atoms with van der Waals surface area (Å²) in [5, 5.41) is 0. The van der Waals surface area contributed by atoms with Crippen LogP contribution in [0.2, 0.25) is 0 Å². The monoisotopic (exact) mass is 416 g/mol. The van der Waals surface area contributed by atoms with Crippen molar-refractivity contribution in [2.75, 3.05) is 12.3 Å². The fraction of sp³-hybridized carbons (Fsp3) is 1.00. The van der Waals surface area contributed by atoms with Crippen molar-refractivity contribution in [1.82, 2.24) is 0 Å². The summed E-state index contributed by atoms with van der Waals surface area (Å²) in [6.07, 6.45) is 15.5. The summed E-state index contributed by atoms with van der Waals surface area (Å²) in [6.45, 7) is 4.34. The molecule has 0 aromatic rings. The highest BCUT2D eigenvalue weighted by Gasteiger charge is 2.11. The van der Waals surface area contributed by atoms with E-state index in [9.17, 15) is 9.13 Å². The highest BCUT2D eigenvalue weighted by molar-refractivity contribution is 7.52. The van der Waals surface area contributed by atoms with Gasteiger partial charge in [0.25, 0.3) is 0 Å². The van der Waals surface area contributed by atoms with E-state index in [0.717, 1.165) is 25.7 Å². The minimum absolute atomic E-state index is 0.0547. The summed E-state index contributed by atoms with van der Waals surface area (Å²) in [4.78, 5) is 34.3. The largest absolute Gasteiger partial charge is 0.325 e. The van der Waals surface area contributed by atoms with Crippen LogP contribution >= 0.6 is 15.2 Å². The summed E-state index contributed by atoms with van der Waals surface area (Å²) >= 11 is 0. The molecule has 0 unspecified atom stereocenters. The molecule has 0 saturated heterocycles. The molecule has 0 atom stereocenters. The van der Waals surface area contributed by atoms with Gasteiger partial charge in [0.2, 0.25) is 0 Å². The first-order valence-electron chi connectivity index (χ1n) is 10.2. The summed E-state index contributed by atoms with van der Waals surface area (Å²) in [7, 11) is -7.45. The Hall–Kier alpha value is 0.300. The van der Waals surface area contributed by atoms with Crippen LogP contribution < -0.4 is 0 Å². The molecule has 0 heterocycles. The van der Waals surface area contributed by atoms with E-state index < -0.39 is 15.2 Å². The van der Waals surface area contributed by atoms with Crippen LogP contribution in [0.4, 0.5) is 0 Å². The van der Waals surface area contributed by atoms with Crippen molar-refractivity contribution in [2.24, 2.45) is 0 Å². The van der Waals surface area contributed by atoms with E-state index in [2.05, 4.69) is 13.8 Å². The quantitative estimate of drug-likeness (QED) is 0.186. The van der Waals surface area contributed by atoms with Crippen molar-refractivity contribution in [3.05, 3.63) is 0 Å². The lowest BCUT2D eigenvalue weighted by atomic mass is 10.1. The SMILES string of the molecule is CCCCCCCCCCP(=O)(O)O.CCCCCCCCP(=O)(O)O. The van der Waals surface area contributed by atoms with Gasteiger partial charge in [-0.2, -0.15) is 0 Å². The fourth-order valence-corrected chi connectivity index (χ4v) is 3.82. The molecular weight excluding hydrogens is 374 g/mol. The molecule has 160 valence electrons. The van der Waals surface area contributed by atoms with E-state index in [0.29, 0.717) is 12.8 Å². The third-order valence-corrected chi connectivity index (χ3v) is 5.90. The number of hydrogen-bond donors (Lipinski definition) is 4. The molecule has 0 aliphatic rings. The number of rotatable bonds is 16. The molecule has 0 radical (unpaired) electrons. The summed E-state index contributed by atoms with van der Waals surface area (Å²) in [5.41, 5.74) is 0. The summed E-state index contributed by atoms with van der Waals surface area (Å²) < 4.78 is 20.9. The highest BCUT2D eigenvalue weighted by Crippen LogP contribution is 2.36. The van der Waals surface area contributed by atoms with Gasteiger partial charge in [0.15, 0.2) is 0 Å². The van der Waals surface area contributed by atoms with Crippen LogP contribution in [0.3, 0.4) is 0 Å². The molecule has 0 aromatic carbocycles.